The van der Waals surface area contributed by atoms with Crippen LogP contribution in [0, 0.1) is 17.1 Å². The number of likely N-dealkylation sites (N-methyl/N-ethyl adjacent to an activating group) is 1. The summed E-state index contributed by atoms with van der Waals surface area (Å²) in [5, 5.41) is 11.7. The smallest absolute Gasteiger partial charge is 0.126 e. The Hall–Kier alpha value is -1.64. The van der Waals surface area contributed by atoms with Crippen LogP contribution in [0.5, 0.6) is 0 Å². The number of benzene rings is 1. The van der Waals surface area contributed by atoms with Crippen molar-refractivity contribution in [3.63, 3.8) is 0 Å². The van der Waals surface area contributed by atoms with E-state index in [0.29, 0.717) is 31.0 Å². The second-order valence-electron chi connectivity index (χ2n) is 4.18. The van der Waals surface area contributed by atoms with Gasteiger partial charge in [-0.15, -0.1) is 0 Å². The van der Waals surface area contributed by atoms with E-state index in [1.807, 2.05) is 25.1 Å². The number of anilines is 1. The van der Waals surface area contributed by atoms with E-state index >= 15 is 0 Å². The Kier molecular flexibility index (Phi) is 6.12. The first-order valence-corrected chi connectivity index (χ1v) is 5.79. The standard InChI is InChI=1S/C13H18FN3O/c1-17(2)4-6-18-5-3-16-13-8-11(10-15)7-12(14)9-13/h7-9,16H,3-6H2,1-2H3. The minimum atomic E-state index is -0.412. The van der Waals surface area contributed by atoms with E-state index in [2.05, 4.69) is 5.32 Å². The molecular formula is C13H18FN3O. The normalized spacial score (nSPS) is 10.4. The highest BCUT2D eigenvalue weighted by molar-refractivity contribution is 5.49. The van der Waals surface area contributed by atoms with Gasteiger partial charge in [-0.2, -0.15) is 5.26 Å². The van der Waals surface area contributed by atoms with Crippen LogP contribution in [-0.4, -0.2) is 45.3 Å². The molecule has 0 bridgehead atoms. The molecule has 0 atom stereocenters. The number of nitriles is 1. The molecule has 5 heteroatoms. The molecule has 0 aliphatic rings. The lowest BCUT2D eigenvalue weighted by molar-refractivity contribution is 0.126. The SMILES string of the molecule is CN(C)CCOCCNc1cc(F)cc(C#N)c1. The molecule has 0 saturated heterocycles. The van der Waals surface area contributed by atoms with Crippen LogP contribution in [0.4, 0.5) is 10.1 Å². The molecule has 0 spiro atoms. The topological polar surface area (TPSA) is 48.3 Å². The van der Waals surface area contributed by atoms with E-state index in [1.165, 1.54) is 12.1 Å². The Labute approximate surface area is 107 Å². The number of nitrogens with one attached hydrogen (secondary N) is 1. The summed E-state index contributed by atoms with van der Waals surface area (Å²) in [4.78, 5) is 2.04. The van der Waals surface area contributed by atoms with E-state index in [9.17, 15) is 4.39 Å². The first-order chi connectivity index (χ1) is 8.61. The molecule has 0 heterocycles. The fourth-order valence-corrected chi connectivity index (χ4v) is 1.37. The van der Waals surface area contributed by atoms with Gasteiger partial charge < -0.3 is 15.0 Å². The molecule has 1 aromatic carbocycles. The van der Waals surface area contributed by atoms with Crippen molar-refractivity contribution < 1.29 is 9.13 Å². The van der Waals surface area contributed by atoms with Crippen LogP contribution in [0.2, 0.25) is 0 Å². The number of halogens is 1. The summed E-state index contributed by atoms with van der Waals surface area (Å²) in [6.45, 7) is 2.67. The quantitative estimate of drug-likeness (QED) is 0.749. The maximum atomic E-state index is 13.1. The van der Waals surface area contributed by atoms with Crippen molar-refractivity contribution in [2.45, 2.75) is 0 Å². The number of nitrogens with zero attached hydrogens (tertiary/aromatic N) is 2. The van der Waals surface area contributed by atoms with Gasteiger partial charge >= 0.3 is 0 Å². The molecule has 1 aromatic rings. The lowest BCUT2D eigenvalue weighted by Crippen LogP contribution is -2.20. The molecule has 18 heavy (non-hydrogen) atoms. The van der Waals surface area contributed by atoms with Gasteiger partial charge in [0.1, 0.15) is 5.82 Å². The highest BCUT2D eigenvalue weighted by Crippen LogP contribution is 2.12. The Morgan fingerprint density at radius 1 is 1.33 bits per heavy atom. The average Bonchev–Trinajstić information content (AvgIpc) is 2.32. The van der Waals surface area contributed by atoms with Crippen LogP contribution in [0.25, 0.3) is 0 Å². The second-order valence-corrected chi connectivity index (χ2v) is 4.18. The fraction of sp³-hybridized carbons (Fsp3) is 0.462. The van der Waals surface area contributed by atoms with Crippen molar-refractivity contribution >= 4 is 5.69 Å². The molecule has 0 aliphatic heterocycles. The van der Waals surface area contributed by atoms with Crippen molar-refractivity contribution in [1.29, 1.82) is 5.26 Å². The molecule has 0 saturated carbocycles. The summed E-state index contributed by atoms with van der Waals surface area (Å²) in [6, 6.07) is 6.10. The van der Waals surface area contributed by atoms with Crippen LogP contribution >= 0.6 is 0 Å². The van der Waals surface area contributed by atoms with Crippen LogP contribution < -0.4 is 5.32 Å². The maximum Gasteiger partial charge on any atom is 0.126 e. The summed E-state index contributed by atoms with van der Waals surface area (Å²) in [5.74, 6) is -0.412. The van der Waals surface area contributed by atoms with Gasteiger partial charge in [0.15, 0.2) is 0 Å². The van der Waals surface area contributed by atoms with Crippen LogP contribution in [-0.2, 0) is 4.74 Å². The van der Waals surface area contributed by atoms with Gasteiger partial charge in [0.2, 0.25) is 0 Å². The fourth-order valence-electron chi connectivity index (χ4n) is 1.37. The molecule has 1 N–H and O–H groups in total. The lowest BCUT2D eigenvalue weighted by Gasteiger charge is -2.11. The van der Waals surface area contributed by atoms with E-state index in [1.54, 1.807) is 6.07 Å². The van der Waals surface area contributed by atoms with Crippen molar-refractivity contribution in [2.75, 3.05) is 45.7 Å². The van der Waals surface area contributed by atoms with Gasteiger partial charge in [0, 0.05) is 18.8 Å². The zero-order valence-electron chi connectivity index (χ0n) is 10.7. The Morgan fingerprint density at radius 3 is 2.78 bits per heavy atom. The Morgan fingerprint density at radius 2 is 2.11 bits per heavy atom. The highest BCUT2D eigenvalue weighted by atomic mass is 19.1. The summed E-state index contributed by atoms with van der Waals surface area (Å²) in [5.41, 5.74) is 0.911. The molecule has 1 rings (SSSR count). The lowest BCUT2D eigenvalue weighted by atomic mass is 10.2. The molecule has 4 nitrogen and oxygen atoms in total. The largest absolute Gasteiger partial charge is 0.383 e. The zero-order valence-corrected chi connectivity index (χ0v) is 10.7. The van der Waals surface area contributed by atoms with E-state index in [4.69, 9.17) is 10.00 Å². The number of ether oxygens (including phenoxy) is 1. The number of rotatable bonds is 7. The zero-order chi connectivity index (χ0) is 13.4. The number of hydrogen-bond acceptors (Lipinski definition) is 4. The van der Waals surface area contributed by atoms with Gasteiger partial charge in [-0.05, 0) is 32.3 Å². The molecule has 0 unspecified atom stereocenters. The van der Waals surface area contributed by atoms with E-state index in [-0.39, 0.29) is 0 Å². The van der Waals surface area contributed by atoms with Crippen molar-refractivity contribution in [3.05, 3.63) is 29.6 Å². The second kappa shape index (κ2) is 7.64. The number of hydrogen-bond donors (Lipinski definition) is 1. The molecule has 0 radical (unpaired) electrons. The van der Waals surface area contributed by atoms with Crippen molar-refractivity contribution in [3.8, 4) is 6.07 Å². The molecule has 0 aromatic heterocycles. The van der Waals surface area contributed by atoms with Gasteiger partial charge in [-0.1, -0.05) is 0 Å². The van der Waals surface area contributed by atoms with Crippen LogP contribution in [0.3, 0.4) is 0 Å². The average molecular weight is 251 g/mol. The third kappa shape index (κ3) is 5.62. The third-order valence-electron chi connectivity index (χ3n) is 2.29. The van der Waals surface area contributed by atoms with Crippen molar-refractivity contribution in [1.82, 2.24) is 4.90 Å². The Bertz CT molecular complexity index is 415. The van der Waals surface area contributed by atoms with Crippen LogP contribution in [0.15, 0.2) is 18.2 Å². The van der Waals surface area contributed by atoms with Gasteiger partial charge in [0.25, 0.3) is 0 Å². The minimum absolute atomic E-state index is 0.311. The minimum Gasteiger partial charge on any atom is -0.383 e. The molecule has 0 fully saturated rings. The molecule has 0 aliphatic carbocycles. The van der Waals surface area contributed by atoms with Crippen LogP contribution in [0.1, 0.15) is 5.56 Å². The van der Waals surface area contributed by atoms with E-state index < -0.39 is 5.82 Å². The molecular weight excluding hydrogens is 233 g/mol. The molecule has 0 amide bonds. The summed E-state index contributed by atoms with van der Waals surface area (Å²) >= 11 is 0. The highest BCUT2D eigenvalue weighted by Gasteiger charge is 1.99. The summed E-state index contributed by atoms with van der Waals surface area (Å²) in [7, 11) is 3.97. The molecule has 98 valence electrons. The summed E-state index contributed by atoms with van der Waals surface area (Å²) in [6.07, 6.45) is 0. The predicted octanol–water partition coefficient (Wildman–Crippen LogP) is 1.69. The third-order valence-corrected chi connectivity index (χ3v) is 2.29. The first kappa shape index (κ1) is 14.4. The predicted molar refractivity (Wildman–Crippen MR) is 69.0 cm³/mol. The first-order valence-electron chi connectivity index (χ1n) is 5.79. The van der Waals surface area contributed by atoms with Gasteiger partial charge in [-0.3, -0.25) is 0 Å². The van der Waals surface area contributed by atoms with Gasteiger partial charge in [0.05, 0.1) is 24.8 Å². The Balaban J connectivity index is 2.27. The van der Waals surface area contributed by atoms with Gasteiger partial charge in [-0.25, -0.2) is 4.39 Å². The monoisotopic (exact) mass is 251 g/mol. The van der Waals surface area contributed by atoms with Crippen molar-refractivity contribution in [2.24, 2.45) is 0 Å². The maximum absolute atomic E-state index is 13.1. The summed E-state index contributed by atoms with van der Waals surface area (Å²) < 4.78 is 18.5. The van der Waals surface area contributed by atoms with E-state index in [0.717, 1.165) is 6.54 Å².